The number of hydrogen-bond donors (Lipinski definition) is 0. The highest BCUT2D eigenvalue weighted by Gasteiger charge is 2.15. The number of hydrogen-bond acceptors (Lipinski definition) is 6. The van der Waals surface area contributed by atoms with Gasteiger partial charge in [0.2, 0.25) is 0 Å². The van der Waals surface area contributed by atoms with Crippen LogP contribution in [0.4, 0.5) is 0 Å². The number of aromatic nitrogens is 3. The van der Waals surface area contributed by atoms with Crippen molar-refractivity contribution < 1.29 is 14.3 Å². The molecule has 1 aromatic carbocycles. The molecule has 1 heterocycles. The largest absolute Gasteiger partial charge is 0.468 e. The number of rotatable bonds is 8. The van der Waals surface area contributed by atoms with E-state index in [1.165, 1.54) is 18.9 Å². The van der Waals surface area contributed by atoms with Crippen LogP contribution in [0.3, 0.4) is 0 Å². The average molecular weight is 321 g/mol. The van der Waals surface area contributed by atoms with Crippen LogP contribution < -0.4 is 0 Å². The molecule has 0 aliphatic carbocycles. The Morgan fingerprint density at radius 3 is 2.68 bits per heavy atom. The van der Waals surface area contributed by atoms with Gasteiger partial charge in [-0.1, -0.05) is 42.1 Å². The maximum atomic E-state index is 11.3. The summed E-state index contributed by atoms with van der Waals surface area (Å²) in [5.41, 5.74) is 0.998. The Bertz CT molecular complexity index is 601. The van der Waals surface area contributed by atoms with Gasteiger partial charge in [0.1, 0.15) is 0 Å². The number of thioether (sulfide) groups is 1. The minimum absolute atomic E-state index is 0.216. The van der Waals surface area contributed by atoms with Crippen LogP contribution in [0.5, 0.6) is 0 Å². The van der Waals surface area contributed by atoms with Crippen molar-refractivity contribution in [3.63, 3.8) is 0 Å². The third kappa shape index (κ3) is 4.32. The predicted molar refractivity (Wildman–Crippen MR) is 84.7 cm³/mol. The van der Waals surface area contributed by atoms with Gasteiger partial charge in [-0.15, -0.1) is 10.2 Å². The summed E-state index contributed by atoms with van der Waals surface area (Å²) in [6.45, 7) is 1.39. The van der Waals surface area contributed by atoms with Crippen LogP contribution in [0.25, 0.3) is 11.4 Å². The van der Waals surface area contributed by atoms with Gasteiger partial charge in [0.15, 0.2) is 11.0 Å². The van der Waals surface area contributed by atoms with Crippen molar-refractivity contribution >= 4 is 17.7 Å². The molecular weight excluding hydrogens is 302 g/mol. The Balaban J connectivity index is 2.21. The molecule has 1 aromatic heterocycles. The summed E-state index contributed by atoms with van der Waals surface area (Å²) < 4.78 is 11.8. The van der Waals surface area contributed by atoms with E-state index in [-0.39, 0.29) is 11.7 Å². The molecule has 0 saturated carbocycles. The lowest BCUT2D eigenvalue weighted by Crippen LogP contribution is -2.08. The summed E-state index contributed by atoms with van der Waals surface area (Å²) >= 11 is 1.33. The van der Waals surface area contributed by atoms with Crippen molar-refractivity contribution in [3.05, 3.63) is 30.3 Å². The molecule has 0 N–H and O–H groups in total. The fourth-order valence-electron chi connectivity index (χ4n) is 1.95. The number of benzene rings is 1. The first-order valence-electron chi connectivity index (χ1n) is 6.93. The SMILES string of the molecule is COCCCn1c(SCC(=O)OC)nnc1-c1ccccc1. The minimum atomic E-state index is -0.280. The third-order valence-electron chi connectivity index (χ3n) is 3.03. The molecule has 0 spiro atoms. The number of nitrogens with zero attached hydrogens (tertiary/aromatic N) is 3. The molecule has 0 aliphatic heterocycles. The second-order valence-corrected chi connectivity index (χ2v) is 5.48. The highest BCUT2D eigenvalue weighted by molar-refractivity contribution is 7.99. The molecule has 0 saturated heterocycles. The molecule has 0 atom stereocenters. The van der Waals surface area contributed by atoms with Gasteiger partial charge in [0, 0.05) is 25.8 Å². The zero-order valence-corrected chi connectivity index (χ0v) is 13.5. The Morgan fingerprint density at radius 1 is 1.23 bits per heavy atom. The fourth-order valence-corrected chi connectivity index (χ4v) is 2.74. The van der Waals surface area contributed by atoms with E-state index in [1.54, 1.807) is 7.11 Å². The van der Waals surface area contributed by atoms with E-state index in [9.17, 15) is 4.79 Å². The molecular formula is C15H19N3O3S. The Labute approximate surface area is 133 Å². The summed E-state index contributed by atoms with van der Waals surface area (Å²) in [7, 11) is 3.05. The standard InChI is InChI=1S/C15H19N3O3S/c1-20-10-6-9-18-14(12-7-4-3-5-8-12)16-17-15(18)22-11-13(19)21-2/h3-5,7-8H,6,9-11H2,1-2H3. The van der Waals surface area contributed by atoms with Crippen LogP contribution in [0.2, 0.25) is 0 Å². The van der Waals surface area contributed by atoms with Gasteiger partial charge in [0.25, 0.3) is 0 Å². The van der Waals surface area contributed by atoms with Crippen LogP contribution in [-0.2, 0) is 20.8 Å². The van der Waals surface area contributed by atoms with Gasteiger partial charge in [0.05, 0.1) is 12.9 Å². The van der Waals surface area contributed by atoms with Crippen molar-refractivity contribution in [2.45, 2.75) is 18.1 Å². The highest BCUT2D eigenvalue weighted by Crippen LogP contribution is 2.24. The summed E-state index contributed by atoms with van der Waals surface area (Å²) in [4.78, 5) is 11.3. The molecule has 0 bridgehead atoms. The number of carbonyl (C=O) groups is 1. The maximum Gasteiger partial charge on any atom is 0.316 e. The normalized spacial score (nSPS) is 10.6. The zero-order chi connectivity index (χ0) is 15.8. The maximum absolute atomic E-state index is 11.3. The first kappa shape index (κ1) is 16.5. The van der Waals surface area contributed by atoms with Crippen LogP contribution in [0.1, 0.15) is 6.42 Å². The second-order valence-electron chi connectivity index (χ2n) is 4.54. The molecule has 6 nitrogen and oxygen atoms in total. The van der Waals surface area contributed by atoms with Gasteiger partial charge >= 0.3 is 5.97 Å². The first-order chi connectivity index (χ1) is 10.8. The van der Waals surface area contributed by atoms with Gasteiger partial charge in [-0.25, -0.2) is 0 Å². The lowest BCUT2D eigenvalue weighted by molar-refractivity contribution is -0.137. The van der Waals surface area contributed by atoms with Gasteiger partial charge < -0.3 is 14.0 Å². The lowest BCUT2D eigenvalue weighted by Gasteiger charge is -2.09. The molecule has 0 amide bonds. The molecule has 0 radical (unpaired) electrons. The van der Waals surface area contributed by atoms with Gasteiger partial charge in [-0.3, -0.25) is 4.79 Å². The third-order valence-corrected chi connectivity index (χ3v) is 3.97. The molecule has 2 rings (SSSR count). The number of carbonyl (C=O) groups excluding carboxylic acids is 1. The summed E-state index contributed by atoms with van der Waals surface area (Å²) in [6, 6.07) is 9.87. The van der Waals surface area contributed by atoms with E-state index in [4.69, 9.17) is 4.74 Å². The molecule has 118 valence electrons. The molecule has 7 heteroatoms. The second kappa shape index (κ2) is 8.55. The Kier molecular flexibility index (Phi) is 6.42. The van der Waals surface area contributed by atoms with E-state index in [0.29, 0.717) is 11.8 Å². The molecule has 0 unspecified atom stereocenters. The van der Waals surface area contributed by atoms with Crippen LogP contribution >= 0.6 is 11.8 Å². The van der Waals surface area contributed by atoms with Crippen molar-refractivity contribution in [3.8, 4) is 11.4 Å². The molecule has 22 heavy (non-hydrogen) atoms. The van der Waals surface area contributed by atoms with Gasteiger partial charge in [-0.05, 0) is 6.42 Å². The zero-order valence-electron chi connectivity index (χ0n) is 12.7. The summed E-state index contributed by atoms with van der Waals surface area (Å²) in [5.74, 6) is 0.732. The monoisotopic (exact) mass is 321 g/mol. The van der Waals surface area contributed by atoms with Crippen molar-refractivity contribution in [2.24, 2.45) is 0 Å². The summed E-state index contributed by atoms with van der Waals surface area (Å²) in [6.07, 6.45) is 0.847. The van der Waals surface area contributed by atoms with E-state index in [1.807, 2.05) is 34.9 Å². The smallest absolute Gasteiger partial charge is 0.316 e. The lowest BCUT2D eigenvalue weighted by atomic mass is 10.2. The Hall–Kier alpha value is -1.86. The van der Waals surface area contributed by atoms with E-state index in [2.05, 4.69) is 14.9 Å². The topological polar surface area (TPSA) is 66.2 Å². The number of esters is 1. The van der Waals surface area contributed by atoms with Crippen LogP contribution in [0.15, 0.2) is 35.5 Å². The van der Waals surface area contributed by atoms with Crippen LogP contribution in [-0.4, -0.2) is 47.3 Å². The first-order valence-corrected chi connectivity index (χ1v) is 7.92. The number of methoxy groups -OCH3 is 2. The van der Waals surface area contributed by atoms with Gasteiger partial charge in [-0.2, -0.15) is 0 Å². The predicted octanol–water partition coefficient (Wildman–Crippen LogP) is 2.25. The van der Waals surface area contributed by atoms with E-state index >= 15 is 0 Å². The van der Waals surface area contributed by atoms with E-state index < -0.39 is 0 Å². The molecule has 0 aliphatic rings. The number of ether oxygens (including phenoxy) is 2. The molecule has 0 fully saturated rings. The fraction of sp³-hybridized carbons (Fsp3) is 0.400. The van der Waals surface area contributed by atoms with Crippen molar-refractivity contribution in [1.82, 2.24) is 14.8 Å². The van der Waals surface area contributed by atoms with Crippen molar-refractivity contribution in [1.29, 1.82) is 0 Å². The summed E-state index contributed by atoms with van der Waals surface area (Å²) in [5, 5.41) is 9.18. The van der Waals surface area contributed by atoms with E-state index in [0.717, 1.165) is 24.4 Å². The Morgan fingerprint density at radius 2 is 2.00 bits per heavy atom. The molecule has 2 aromatic rings. The average Bonchev–Trinajstić information content (AvgIpc) is 2.96. The minimum Gasteiger partial charge on any atom is -0.468 e. The van der Waals surface area contributed by atoms with Crippen LogP contribution in [0, 0.1) is 0 Å². The quantitative estimate of drug-likeness (QED) is 0.422. The van der Waals surface area contributed by atoms with Crippen molar-refractivity contribution in [2.75, 3.05) is 26.6 Å². The highest BCUT2D eigenvalue weighted by atomic mass is 32.2.